The Morgan fingerprint density at radius 3 is 2.67 bits per heavy atom. The van der Waals surface area contributed by atoms with Crippen molar-refractivity contribution in [1.29, 1.82) is 0 Å². The molecule has 1 fully saturated rings. The van der Waals surface area contributed by atoms with Gasteiger partial charge in [-0.1, -0.05) is 19.0 Å². The fourth-order valence-corrected chi connectivity index (χ4v) is 2.90. The zero-order valence-corrected chi connectivity index (χ0v) is 8.81. The van der Waals surface area contributed by atoms with Crippen LogP contribution in [0.25, 0.3) is 0 Å². The molecule has 0 bridgehead atoms. The smallest absolute Gasteiger partial charge is 0.123 e. The average molecular weight is 225 g/mol. The summed E-state index contributed by atoms with van der Waals surface area (Å²) in [6.45, 7) is 0. The highest BCUT2D eigenvalue weighted by Gasteiger charge is 2.41. The van der Waals surface area contributed by atoms with E-state index in [1.54, 1.807) is 0 Å². The highest BCUT2D eigenvalue weighted by molar-refractivity contribution is 6.30. The molecule has 1 aromatic rings. The van der Waals surface area contributed by atoms with Gasteiger partial charge in [0.1, 0.15) is 11.4 Å². The second kappa shape index (κ2) is 3.71. The second-order valence-corrected chi connectivity index (χ2v) is 4.86. The van der Waals surface area contributed by atoms with E-state index in [2.05, 4.69) is 0 Å². The van der Waals surface area contributed by atoms with Gasteiger partial charge in [-0.3, -0.25) is 0 Å². The average Bonchev–Trinajstić information content (AvgIpc) is 2.72. The Balaban J connectivity index is 0.000000853. The molecule has 3 rings (SSSR count). The molecule has 0 saturated heterocycles. The number of fused-ring (bicyclic) bond motifs is 1. The Kier molecular flexibility index (Phi) is 2.68. The number of hydrogen-bond donors (Lipinski definition) is 0. The fraction of sp³-hybridized carbons (Fsp3) is 0.538. The fourth-order valence-electron chi connectivity index (χ4n) is 2.70. The Labute approximate surface area is 96.4 Å². The van der Waals surface area contributed by atoms with Crippen LogP contribution >= 0.6 is 11.6 Å². The standard InChI is InChI=1S/C12H13ClO.CH4/c13-10-3-4-11-9(7-10)8-12(14-11)5-1-2-6-12;/h3-4,7H,1-2,5-6,8H2;1H4. The van der Waals surface area contributed by atoms with Gasteiger partial charge in [0.15, 0.2) is 0 Å². The van der Waals surface area contributed by atoms with Gasteiger partial charge < -0.3 is 4.74 Å². The largest absolute Gasteiger partial charge is 0.487 e. The van der Waals surface area contributed by atoms with Gasteiger partial charge in [-0.2, -0.15) is 0 Å². The summed E-state index contributed by atoms with van der Waals surface area (Å²) in [6, 6.07) is 5.96. The Hall–Kier alpha value is -0.690. The van der Waals surface area contributed by atoms with Gasteiger partial charge in [-0.05, 0) is 49.4 Å². The molecule has 1 aliphatic heterocycles. The van der Waals surface area contributed by atoms with Crippen molar-refractivity contribution in [2.45, 2.75) is 45.1 Å². The van der Waals surface area contributed by atoms with E-state index in [-0.39, 0.29) is 13.0 Å². The zero-order chi connectivity index (χ0) is 9.60. The van der Waals surface area contributed by atoms with Crippen LogP contribution in [-0.2, 0) is 6.42 Å². The summed E-state index contributed by atoms with van der Waals surface area (Å²) in [6.07, 6.45) is 6.09. The molecule has 1 aromatic carbocycles. The molecule has 2 aliphatic rings. The first-order chi connectivity index (χ1) is 6.77. The lowest BCUT2D eigenvalue weighted by atomic mass is 9.96. The maximum absolute atomic E-state index is 6.05. The van der Waals surface area contributed by atoms with Crippen molar-refractivity contribution in [3.05, 3.63) is 28.8 Å². The number of halogens is 1. The van der Waals surface area contributed by atoms with Crippen LogP contribution in [0.4, 0.5) is 0 Å². The van der Waals surface area contributed by atoms with Crippen LogP contribution in [0.5, 0.6) is 5.75 Å². The molecule has 0 amide bonds. The van der Waals surface area contributed by atoms with Crippen LogP contribution in [0, 0.1) is 0 Å². The Bertz CT molecular complexity index is 367. The van der Waals surface area contributed by atoms with Crippen LogP contribution < -0.4 is 4.74 Å². The molecule has 0 radical (unpaired) electrons. The topological polar surface area (TPSA) is 9.23 Å². The van der Waals surface area contributed by atoms with E-state index in [4.69, 9.17) is 16.3 Å². The van der Waals surface area contributed by atoms with Gasteiger partial charge >= 0.3 is 0 Å². The van der Waals surface area contributed by atoms with Crippen LogP contribution in [0.3, 0.4) is 0 Å². The van der Waals surface area contributed by atoms with E-state index in [0.717, 1.165) is 17.2 Å². The highest BCUT2D eigenvalue weighted by atomic mass is 35.5. The molecular weight excluding hydrogens is 208 g/mol. The van der Waals surface area contributed by atoms with E-state index >= 15 is 0 Å². The maximum Gasteiger partial charge on any atom is 0.123 e. The molecule has 15 heavy (non-hydrogen) atoms. The van der Waals surface area contributed by atoms with E-state index in [9.17, 15) is 0 Å². The third kappa shape index (κ3) is 1.74. The van der Waals surface area contributed by atoms with Crippen molar-refractivity contribution in [2.24, 2.45) is 0 Å². The summed E-state index contributed by atoms with van der Waals surface area (Å²) in [5.41, 5.74) is 1.42. The summed E-state index contributed by atoms with van der Waals surface area (Å²) in [5, 5.41) is 0.822. The molecule has 0 atom stereocenters. The lowest BCUT2D eigenvalue weighted by molar-refractivity contribution is 0.103. The monoisotopic (exact) mass is 224 g/mol. The third-order valence-corrected chi connectivity index (χ3v) is 3.61. The Morgan fingerprint density at radius 2 is 1.93 bits per heavy atom. The first-order valence-electron chi connectivity index (χ1n) is 5.25. The van der Waals surface area contributed by atoms with Crippen LogP contribution in [0.15, 0.2) is 18.2 Å². The minimum Gasteiger partial charge on any atom is -0.487 e. The number of benzene rings is 1. The van der Waals surface area contributed by atoms with E-state index in [1.165, 1.54) is 31.2 Å². The first kappa shape index (κ1) is 10.8. The molecule has 0 N–H and O–H groups in total. The molecule has 82 valence electrons. The van der Waals surface area contributed by atoms with Gasteiger partial charge in [0.05, 0.1) is 0 Å². The number of rotatable bonds is 0. The molecule has 1 spiro atoms. The van der Waals surface area contributed by atoms with Crippen LogP contribution in [-0.4, -0.2) is 5.60 Å². The molecule has 0 aromatic heterocycles. The van der Waals surface area contributed by atoms with Crippen molar-refractivity contribution in [3.8, 4) is 5.75 Å². The quantitative estimate of drug-likeness (QED) is 0.641. The highest BCUT2D eigenvalue weighted by Crippen LogP contribution is 2.44. The lowest BCUT2D eigenvalue weighted by Crippen LogP contribution is -2.29. The van der Waals surface area contributed by atoms with Gasteiger partial charge in [-0.25, -0.2) is 0 Å². The summed E-state index contributed by atoms with van der Waals surface area (Å²) in [5.74, 6) is 1.05. The summed E-state index contributed by atoms with van der Waals surface area (Å²) >= 11 is 5.96. The van der Waals surface area contributed by atoms with Crippen molar-refractivity contribution in [1.82, 2.24) is 0 Å². The summed E-state index contributed by atoms with van der Waals surface area (Å²) in [7, 11) is 0. The predicted molar refractivity (Wildman–Crippen MR) is 63.7 cm³/mol. The van der Waals surface area contributed by atoms with Crippen LogP contribution in [0.2, 0.25) is 5.02 Å². The molecule has 1 aliphatic carbocycles. The molecule has 0 unspecified atom stereocenters. The van der Waals surface area contributed by atoms with E-state index in [1.807, 2.05) is 18.2 Å². The first-order valence-corrected chi connectivity index (χ1v) is 5.63. The second-order valence-electron chi connectivity index (χ2n) is 4.42. The molecule has 1 nitrogen and oxygen atoms in total. The molecule has 2 heteroatoms. The molecule has 1 saturated carbocycles. The third-order valence-electron chi connectivity index (χ3n) is 3.38. The van der Waals surface area contributed by atoms with Gasteiger partial charge in [0.2, 0.25) is 0 Å². The minimum absolute atomic E-state index is 0. The number of hydrogen-bond acceptors (Lipinski definition) is 1. The molecule has 1 heterocycles. The van der Waals surface area contributed by atoms with E-state index < -0.39 is 0 Å². The SMILES string of the molecule is C.Clc1ccc2c(c1)CC1(CCCC1)O2. The van der Waals surface area contributed by atoms with Gasteiger partial charge in [-0.15, -0.1) is 0 Å². The minimum atomic E-state index is 0. The van der Waals surface area contributed by atoms with Crippen molar-refractivity contribution >= 4 is 11.6 Å². The summed E-state index contributed by atoms with van der Waals surface area (Å²) in [4.78, 5) is 0. The zero-order valence-electron chi connectivity index (χ0n) is 8.05. The summed E-state index contributed by atoms with van der Waals surface area (Å²) < 4.78 is 6.05. The maximum atomic E-state index is 6.05. The van der Waals surface area contributed by atoms with Crippen molar-refractivity contribution in [3.63, 3.8) is 0 Å². The predicted octanol–water partition coefficient (Wildman–Crippen LogP) is 4.22. The van der Waals surface area contributed by atoms with Gasteiger partial charge in [0.25, 0.3) is 0 Å². The van der Waals surface area contributed by atoms with Gasteiger partial charge in [0, 0.05) is 11.4 Å². The molecular formula is C13H17ClO. The Morgan fingerprint density at radius 1 is 1.20 bits per heavy atom. The van der Waals surface area contributed by atoms with E-state index in [0.29, 0.717) is 0 Å². The number of ether oxygens (including phenoxy) is 1. The van der Waals surface area contributed by atoms with Crippen molar-refractivity contribution in [2.75, 3.05) is 0 Å². The lowest BCUT2D eigenvalue weighted by Gasteiger charge is -2.22. The van der Waals surface area contributed by atoms with Crippen molar-refractivity contribution < 1.29 is 4.74 Å². The van der Waals surface area contributed by atoms with Crippen LogP contribution in [0.1, 0.15) is 38.7 Å². The normalized spacial score (nSPS) is 20.9.